The van der Waals surface area contributed by atoms with E-state index < -0.39 is 10.0 Å². The first-order chi connectivity index (χ1) is 11.5. The molecule has 3 rings (SSSR count). The molecule has 24 heavy (non-hydrogen) atoms. The molecule has 0 aromatic heterocycles. The van der Waals surface area contributed by atoms with Gasteiger partial charge in [0.1, 0.15) is 6.54 Å². The molecule has 2 aromatic rings. The first-order valence-corrected chi connectivity index (χ1v) is 9.35. The van der Waals surface area contributed by atoms with E-state index >= 15 is 0 Å². The van der Waals surface area contributed by atoms with Crippen LogP contribution in [0.3, 0.4) is 0 Å². The number of hydrogen-bond acceptors (Lipinski definition) is 3. The maximum Gasteiger partial charge on any atom is 0.264 e. The van der Waals surface area contributed by atoms with Gasteiger partial charge < -0.3 is 5.32 Å². The van der Waals surface area contributed by atoms with Crippen molar-refractivity contribution in [3.8, 4) is 0 Å². The Kier molecular flexibility index (Phi) is 4.57. The van der Waals surface area contributed by atoms with Crippen LogP contribution < -0.4 is 9.62 Å². The Labute approximate surface area is 142 Å². The molecule has 2 aromatic carbocycles. The van der Waals surface area contributed by atoms with Crippen LogP contribution in [0.15, 0.2) is 59.5 Å². The Morgan fingerprint density at radius 1 is 1.08 bits per heavy atom. The molecule has 5 nitrogen and oxygen atoms in total. The Balaban J connectivity index is 1.98. The number of nitrogens with one attached hydrogen (secondary N) is 1. The molecular weight excluding hydrogens is 324 g/mol. The molecular formula is C18H20N2O3S. The van der Waals surface area contributed by atoms with Crippen molar-refractivity contribution in [2.75, 3.05) is 10.8 Å². The molecule has 1 N–H and O–H groups in total. The highest BCUT2D eigenvalue weighted by atomic mass is 32.2. The van der Waals surface area contributed by atoms with Crippen LogP contribution in [0.4, 0.5) is 5.69 Å². The van der Waals surface area contributed by atoms with Gasteiger partial charge in [0.25, 0.3) is 10.0 Å². The molecule has 1 aliphatic carbocycles. The zero-order valence-electron chi connectivity index (χ0n) is 13.5. The minimum atomic E-state index is -3.81. The fraction of sp³-hybridized carbons (Fsp3) is 0.278. The minimum absolute atomic E-state index is 0.174. The van der Waals surface area contributed by atoms with E-state index in [1.165, 1.54) is 4.31 Å². The number of para-hydroxylation sites is 1. The second-order valence-electron chi connectivity index (χ2n) is 5.95. The number of carbonyl (C=O) groups excluding carboxylic acids is 1. The quantitative estimate of drug-likeness (QED) is 0.875. The highest BCUT2D eigenvalue weighted by molar-refractivity contribution is 7.92. The number of rotatable bonds is 6. The zero-order valence-corrected chi connectivity index (χ0v) is 14.3. The topological polar surface area (TPSA) is 66.5 Å². The average molecular weight is 344 g/mol. The minimum Gasteiger partial charge on any atom is -0.352 e. The second-order valence-corrected chi connectivity index (χ2v) is 7.82. The third-order valence-electron chi connectivity index (χ3n) is 3.95. The molecule has 0 heterocycles. The van der Waals surface area contributed by atoms with E-state index in [9.17, 15) is 13.2 Å². The van der Waals surface area contributed by atoms with Crippen LogP contribution in [-0.4, -0.2) is 26.9 Å². The monoisotopic (exact) mass is 344 g/mol. The molecule has 1 amide bonds. The molecule has 0 atom stereocenters. The Hall–Kier alpha value is -2.34. The number of nitrogens with zero attached hydrogens (tertiary/aromatic N) is 1. The van der Waals surface area contributed by atoms with Gasteiger partial charge >= 0.3 is 0 Å². The van der Waals surface area contributed by atoms with Crippen molar-refractivity contribution < 1.29 is 13.2 Å². The van der Waals surface area contributed by atoms with Gasteiger partial charge in [0.15, 0.2) is 0 Å². The van der Waals surface area contributed by atoms with Crippen molar-refractivity contribution in [1.29, 1.82) is 0 Å². The highest BCUT2D eigenvalue weighted by Gasteiger charge is 2.30. The standard InChI is InChI=1S/C18H20N2O3S/c1-14-7-5-6-10-17(14)20(13-18(21)19-15-11-12-15)24(22,23)16-8-3-2-4-9-16/h2-10,15H,11-13H2,1H3,(H,19,21). The normalized spacial score (nSPS) is 14.2. The van der Waals surface area contributed by atoms with Crippen molar-refractivity contribution >= 4 is 21.6 Å². The van der Waals surface area contributed by atoms with Crippen LogP contribution in [0.25, 0.3) is 0 Å². The lowest BCUT2D eigenvalue weighted by Gasteiger charge is -2.25. The largest absolute Gasteiger partial charge is 0.352 e. The maximum absolute atomic E-state index is 13.1. The Bertz CT molecular complexity index is 830. The first kappa shape index (κ1) is 16.5. The second kappa shape index (κ2) is 6.65. The summed E-state index contributed by atoms with van der Waals surface area (Å²) >= 11 is 0. The number of amides is 1. The van der Waals surface area contributed by atoms with E-state index in [1.807, 2.05) is 19.1 Å². The number of hydrogen-bond donors (Lipinski definition) is 1. The molecule has 126 valence electrons. The van der Waals surface area contributed by atoms with E-state index in [-0.39, 0.29) is 23.4 Å². The number of benzene rings is 2. The average Bonchev–Trinajstić information content (AvgIpc) is 3.38. The third kappa shape index (κ3) is 3.59. The molecule has 1 saturated carbocycles. The molecule has 1 aliphatic rings. The Morgan fingerprint density at radius 2 is 1.71 bits per heavy atom. The van der Waals surface area contributed by atoms with Gasteiger partial charge in [-0.2, -0.15) is 0 Å². The molecule has 6 heteroatoms. The SMILES string of the molecule is Cc1ccccc1N(CC(=O)NC1CC1)S(=O)(=O)c1ccccc1. The number of carbonyl (C=O) groups is 1. The molecule has 0 bridgehead atoms. The van der Waals surface area contributed by atoms with E-state index in [1.54, 1.807) is 42.5 Å². The number of aryl methyl sites for hydroxylation is 1. The summed E-state index contributed by atoms with van der Waals surface area (Å²) in [4.78, 5) is 12.4. The first-order valence-electron chi connectivity index (χ1n) is 7.91. The highest BCUT2D eigenvalue weighted by Crippen LogP contribution is 2.26. The third-order valence-corrected chi connectivity index (χ3v) is 5.72. The molecule has 0 unspecified atom stereocenters. The zero-order chi connectivity index (χ0) is 17.2. The summed E-state index contributed by atoms with van der Waals surface area (Å²) in [5.74, 6) is -0.278. The van der Waals surface area contributed by atoms with Gasteiger partial charge in [0.2, 0.25) is 5.91 Å². The lowest BCUT2D eigenvalue weighted by atomic mass is 10.2. The van der Waals surface area contributed by atoms with Gasteiger partial charge in [-0.25, -0.2) is 8.42 Å². The van der Waals surface area contributed by atoms with Crippen LogP contribution in [0, 0.1) is 6.92 Å². The van der Waals surface area contributed by atoms with Gasteiger partial charge in [-0.05, 0) is 43.5 Å². The summed E-state index contributed by atoms with van der Waals surface area (Å²) in [5, 5.41) is 2.85. The van der Waals surface area contributed by atoms with E-state index in [0.717, 1.165) is 18.4 Å². The molecule has 0 saturated heterocycles. The van der Waals surface area contributed by atoms with Gasteiger partial charge in [-0.3, -0.25) is 9.10 Å². The molecule has 0 radical (unpaired) electrons. The van der Waals surface area contributed by atoms with Gasteiger partial charge in [0.05, 0.1) is 10.6 Å². The van der Waals surface area contributed by atoms with Crippen LogP contribution in [0.2, 0.25) is 0 Å². The van der Waals surface area contributed by atoms with Crippen molar-refractivity contribution in [2.45, 2.75) is 30.7 Å². The Morgan fingerprint density at radius 3 is 2.33 bits per heavy atom. The predicted octanol–water partition coefficient (Wildman–Crippen LogP) is 2.47. The van der Waals surface area contributed by atoms with E-state index in [0.29, 0.717) is 5.69 Å². The summed E-state index contributed by atoms with van der Waals surface area (Å²) in [6.07, 6.45) is 1.92. The van der Waals surface area contributed by atoms with Crippen molar-refractivity contribution in [1.82, 2.24) is 5.32 Å². The summed E-state index contributed by atoms with van der Waals surface area (Å²) < 4.78 is 27.3. The van der Waals surface area contributed by atoms with Gasteiger partial charge in [0, 0.05) is 6.04 Å². The van der Waals surface area contributed by atoms with Crippen LogP contribution in [0.1, 0.15) is 18.4 Å². The fourth-order valence-corrected chi connectivity index (χ4v) is 4.00. The lowest BCUT2D eigenvalue weighted by molar-refractivity contribution is -0.119. The van der Waals surface area contributed by atoms with E-state index in [4.69, 9.17) is 0 Å². The fourth-order valence-electron chi connectivity index (χ4n) is 2.49. The van der Waals surface area contributed by atoms with Crippen molar-refractivity contribution in [2.24, 2.45) is 0 Å². The molecule has 1 fully saturated rings. The van der Waals surface area contributed by atoms with Gasteiger partial charge in [-0.15, -0.1) is 0 Å². The summed E-state index contributed by atoms with van der Waals surface area (Å²) in [7, 11) is -3.81. The van der Waals surface area contributed by atoms with E-state index in [2.05, 4.69) is 5.32 Å². The van der Waals surface area contributed by atoms with Crippen molar-refractivity contribution in [3.63, 3.8) is 0 Å². The smallest absolute Gasteiger partial charge is 0.264 e. The van der Waals surface area contributed by atoms with Crippen LogP contribution >= 0.6 is 0 Å². The summed E-state index contributed by atoms with van der Waals surface area (Å²) in [6.45, 7) is 1.61. The lowest BCUT2D eigenvalue weighted by Crippen LogP contribution is -2.41. The number of sulfonamides is 1. The molecule has 0 spiro atoms. The summed E-state index contributed by atoms with van der Waals surface area (Å²) in [6, 6.07) is 15.6. The predicted molar refractivity (Wildman–Crippen MR) is 93.3 cm³/mol. The van der Waals surface area contributed by atoms with Crippen LogP contribution in [0.5, 0.6) is 0 Å². The van der Waals surface area contributed by atoms with Crippen LogP contribution in [-0.2, 0) is 14.8 Å². The van der Waals surface area contributed by atoms with Gasteiger partial charge in [-0.1, -0.05) is 36.4 Å². The summed E-state index contributed by atoms with van der Waals surface area (Å²) in [5.41, 5.74) is 1.32. The maximum atomic E-state index is 13.1. The molecule has 0 aliphatic heterocycles. The number of anilines is 1. The van der Waals surface area contributed by atoms with Crippen molar-refractivity contribution in [3.05, 3.63) is 60.2 Å².